The molecule has 0 saturated carbocycles. The maximum Gasteiger partial charge on any atom is 0.248 e. The van der Waals surface area contributed by atoms with Crippen LogP contribution in [0.3, 0.4) is 0 Å². The van der Waals surface area contributed by atoms with Crippen LogP contribution in [0.25, 0.3) is 0 Å². The van der Waals surface area contributed by atoms with Crippen molar-refractivity contribution in [2.24, 2.45) is 11.5 Å². The number of primary amides is 2. The summed E-state index contributed by atoms with van der Waals surface area (Å²) in [5, 5.41) is 5.60. The molecular weight excluding hydrogens is 408 g/mol. The Hall–Kier alpha value is -3.68. The van der Waals surface area contributed by atoms with E-state index in [1.807, 2.05) is 0 Å². The molecule has 2 rings (SSSR count). The molecule has 32 heavy (non-hydrogen) atoms. The van der Waals surface area contributed by atoms with Crippen LogP contribution in [-0.4, -0.2) is 23.6 Å². The molecule has 0 unspecified atom stereocenters. The van der Waals surface area contributed by atoms with Gasteiger partial charge in [-0.3, -0.25) is 19.2 Å². The number of carbonyl (C=O) groups excluding carboxylic acids is 4. The Morgan fingerprint density at radius 1 is 0.531 bits per heavy atom. The number of hydrogen-bond acceptors (Lipinski definition) is 4. The minimum Gasteiger partial charge on any atom is -0.366 e. The summed E-state index contributed by atoms with van der Waals surface area (Å²) in [7, 11) is 0. The topological polar surface area (TPSA) is 144 Å². The van der Waals surface area contributed by atoms with Crippen molar-refractivity contribution in [1.82, 2.24) is 0 Å². The molecule has 2 aromatic rings. The molecule has 0 atom stereocenters. The zero-order valence-electron chi connectivity index (χ0n) is 18.1. The molecule has 8 nitrogen and oxygen atoms in total. The predicted octanol–water partition coefficient (Wildman–Crippen LogP) is 3.58. The Morgan fingerprint density at radius 3 is 1.16 bits per heavy atom. The SMILES string of the molecule is NC(=O)c1ccc(NC(=O)CCCCCCCCC(=O)Nc2ccc(C(N)=O)cc2)cc1. The summed E-state index contributed by atoms with van der Waals surface area (Å²) in [4.78, 5) is 46.0. The van der Waals surface area contributed by atoms with Crippen LogP contribution in [0, 0.1) is 0 Å². The maximum atomic E-state index is 12.0. The molecule has 0 aliphatic heterocycles. The van der Waals surface area contributed by atoms with Crippen LogP contribution in [0.2, 0.25) is 0 Å². The van der Waals surface area contributed by atoms with E-state index in [-0.39, 0.29) is 11.8 Å². The first-order valence-electron chi connectivity index (χ1n) is 10.7. The first kappa shape index (κ1) is 24.6. The first-order valence-corrected chi connectivity index (χ1v) is 10.7. The van der Waals surface area contributed by atoms with E-state index < -0.39 is 11.8 Å². The van der Waals surface area contributed by atoms with E-state index in [1.54, 1.807) is 48.5 Å². The molecule has 8 heteroatoms. The molecule has 4 amide bonds. The fraction of sp³-hybridized carbons (Fsp3) is 0.333. The number of rotatable bonds is 13. The summed E-state index contributed by atoms with van der Waals surface area (Å²) in [6.45, 7) is 0. The van der Waals surface area contributed by atoms with Gasteiger partial charge < -0.3 is 22.1 Å². The minimum absolute atomic E-state index is 0.0580. The van der Waals surface area contributed by atoms with Gasteiger partial charge in [0.05, 0.1) is 0 Å². The largest absolute Gasteiger partial charge is 0.366 e. The summed E-state index contributed by atoms with van der Waals surface area (Å²) in [6, 6.07) is 13.0. The lowest BCUT2D eigenvalue weighted by atomic mass is 10.1. The van der Waals surface area contributed by atoms with E-state index in [0.717, 1.165) is 38.5 Å². The highest BCUT2D eigenvalue weighted by Crippen LogP contribution is 2.13. The van der Waals surface area contributed by atoms with E-state index >= 15 is 0 Å². The van der Waals surface area contributed by atoms with Crippen LogP contribution >= 0.6 is 0 Å². The fourth-order valence-corrected chi connectivity index (χ4v) is 3.16. The molecule has 0 heterocycles. The van der Waals surface area contributed by atoms with Crippen molar-refractivity contribution in [1.29, 1.82) is 0 Å². The summed E-state index contributed by atoms with van der Waals surface area (Å²) >= 11 is 0. The third-order valence-electron chi connectivity index (χ3n) is 4.96. The van der Waals surface area contributed by atoms with Gasteiger partial charge in [0.25, 0.3) is 0 Å². The van der Waals surface area contributed by atoms with Crippen molar-refractivity contribution < 1.29 is 19.2 Å². The van der Waals surface area contributed by atoms with Gasteiger partial charge >= 0.3 is 0 Å². The van der Waals surface area contributed by atoms with Crippen molar-refractivity contribution in [2.75, 3.05) is 10.6 Å². The lowest BCUT2D eigenvalue weighted by Gasteiger charge is -2.07. The Labute approximate surface area is 187 Å². The minimum atomic E-state index is -0.500. The van der Waals surface area contributed by atoms with E-state index in [0.29, 0.717) is 35.3 Å². The number of anilines is 2. The standard InChI is InChI=1S/C24H30N4O4/c25-23(31)17-9-13-19(14-10-17)27-21(29)7-5-3-1-2-4-6-8-22(30)28-20-15-11-18(12-16-20)24(26)32/h9-16H,1-8H2,(H2,25,31)(H2,26,32)(H,27,29)(H,28,30). The average Bonchev–Trinajstić information content (AvgIpc) is 2.76. The third kappa shape index (κ3) is 8.99. The number of amides is 4. The first-order chi connectivity index (χ1) is 15.3. The molecule has 0 aliphatic carbocycles. The lowest BCUT2D eigenvalue weighted by molar-refractivity contribution is -0.117. The molecule has 0 radical (unpaired) electrons. The second-order valence-electron chi connectivity index (χ2n) is 7.60. The van der Waals surface area contributed by atoms with E-state index in [4.69, 9.17) is 11.5 Å². The molecule has 6 N–H and O–H groups in total. The average molecular weight is 439 g/mol. The number of nitrogens with one attached hydrogen (secondary N) is 2. The zero-order valence-corrected chi connectivity index (χ0v) is 18.1. The van der Waals surface area contributed by atoms with Crippen molar-refractivity contribution in [3.05, 3.63) is 59.7 Å². The van der Waals surface area contributed by atoms with Crippen LogP contribution < -0.4 is 22.1 Å². The van der Waals surface area contributed by atoms with Gasteiger partial charge in [0.2, 0.25) is 23.6 Å². The molecule has 170 valence electrons. The normalized spacial score (nSPS) is 10.4. The highest BCUT2D eigenvalue weighted by Gasteiger charge is 2.06. The van der Waals surface area contributed by atoms with Gasteiger partial charge in [0, 0.05) is 35.3 Å². The Kier molecular flexibility index (Phi) is 9.90. The number of benzene rings is 2. The maximum absolute atomic E-state index is 12.0. The molecule has 0 aliphatic rings. The van der Waals surface area contributed by atoms with Gasteiger partial charge in [0.15, 0.2) is 0 Å². The van der Waals surface area contributed by atoms with Crippen molar-refractivity contribution in [3.63, 3.8) is 0 Å². The van der Waals surface area contributed by atoms with Crippen molar-refractivity contribution in [3.8, 4) is 0 Å². The van der Waals surface area contributed by atoms with Gasteiger partial charge in [-0.05, 0) is 61.4 Å². The van der Waals surface area contributed by atoms with E-state index in [1.165, 1.54) is 0 Å². The summed E-state index contributed by atoms with van der Waals surface area (Å²) in [5.41, 5.74) is 12.5. The molecule has 0 fully saturated rings. The Bertz CT molecular complexity index is 847. The molecular formula is C24H30N4O4. The van der Waals surface area contributed by atoms with Gasteiger partial charge in [0.1, 0.15) is 0 Å². The molecule has 2 aromatic carbocycles. The van der Waals surface area contributed by atoms with Crippen LogP contribution in [0.15, 0.2) is 48.5 Å². The lowest BCUT2D eigenvalue weighted by Crippen LogP contribution is -2.13. The summed E-state index contributed by atoms with van der Waals surface area (Å²) in [5.74, 6) is -1.12. The van der Waals surface area contributed by atoms with E-state index in [9.17, 15) is 19.2 Å². The van der Waals surface area contributed by atoms with Crippen LogP contribution in [0.4, 0.5) is 11.4 Å². The van der Waals surface area contributed by atoms with E-state index in [2.05, 4.69) is 10.6 Å². The van der Waals surface area contributed by atoms with Crippen LogP contribution in [0.1, 0.15) is 72.1 Å². The smallest absolute Gasteiger partial charge is 0.248 e. The Balaban J connectivity index is 1.50. The number of unbranched alkanes of at least 4 members (excludes halogenated alkanes) is 5. The third-order valence-corrected chi connectivity index (χ3v) is 4.96. The highest BCUT2D eigenvalue weighted by atomic mass is 16.2. The quantitative estimate of drug-likeness (QED) is 0.354. The monoisotopic (exact) mass is 438 g/mol. The number of carbonyl (C=O) groups is 4. The molecule has 0 spiro atoms. The predicted molar refractivity (Wildman–Crippen MR) is 124 cm³/mol. The van der Waals surface area contributed by atoms with Gasteiger partial charge in [-0.15, -0.1) is 0 Å². The fourth-order valence-electron chi connectivity index (χ4n) is 3.16. The Morgan fingerprint density at radius 2 is 0.844 bits per heavy atom. The summed E-state index contributed by atoms with van der Waals surface area (Å²) < 4.78 is 0. The second kappa shape index (κ2) is 12.9. The molecule has 0 bridgehead atoms. The van der Waals surface area contributed by atoms with Gasteiger partial charge in [-0.2, -0.15) is 0 Å². The molecule has 0 saturated heterocycles. The van der Waals surface area contributed by atoms with Crippen molar-refractivity contribution >= 4 is 35.0 Å². The molecule has 0 aromatic heterocycles. The van der Waals surface area contributed by atoms with Crippen LogP contribution in [-0.2, 0) is 9.59 Å². The van der Waals surface area contributed by atoms with Gasteiger partial charge in [-0.1, -0.05) is 25.7 Å². The second-order valence-corrected chi connectivity index (χ2v) is 7.60. The highest BCUT2D eigenvalue weighted by molar-refractivity contribution is 5.95. The van der Waals surface area contributed by atoms with Crippen molar-refractivity contribution in [2.45, 2.75) is 51.4 Å². The number of nitrogens with two attached hydrogens (primary N) is 2. The zero-order chi connectivity index (χ0) is 23.3. The summed E-state index contributed by atoms with van der Waals surface area (Å²) in [6.07, 6.45) is 6.40. The van der Waals surface area contributed by atoms with Gasteiger partial charge in [-0.25, -0.2) is 0 Å². The van der Waals surface area contributed by atoms with Crippen LogP contribution in [0.5, 0.6) is 0 Å². The number of hydrogen-bond donors (Lipinski definition) is 4.